The van der Waals surface area contributed by atoms with Crippen LogP contribution in [0, 0.1) is 5.92 Å². The van der Waals surface area contributed by atoms with Gasteiger partial charge in [0.1, 0.15) is 5.25 Å². The number of hydrazine groups is 1. The number of nitrogen functional groups attached to an aromatic ring is 1. The molecule has 2 aliphatic rings. The third-order valence-electron chi connectivity index (χ3n) is 5.20. The quantitative estimate of drug-likeness (QED) is 0.541. The Bertz CT molecular complexity index is 766. The minimum atomic E-state index is -3.50. The van der Waals surface area contributed by atoms with Crippen molar-refractivity contribution < 1.29 is 13.2 Å². The van der Waals surface area contributed by atoms with E-state index in [1.54, 1.807) is 24.3 Å². The predicted octanol–water partition coefficient (Wildman–Crippen LogP) is 0.924. The largest absolute Gasteiger partial charge is 0.397 e. The predicted molar refractivity (Wildman–Crippen MR) is 109 cm³/mol. The molecule has 0 radical (unpaired) electrons. The first-order chi connectivity index (χ1) is 12.3. The van der Waals surface area contributed by atoms with Gasteiger partial charge in [-0.25, -0.2) is 12.7 Å². The zero-order valence-corrected chi connectivity index (χ0v) is 17.1. The molecule has 2 heterocycles. The van der Waals surface area contributed by atoms with E-state index in [1.165, 1.54) is 4.31 Å². The molecule has 3 atom stereocenters. The molecule has 3 unspecified atom stereocenters. The van der Waals surface area contributed by atoms with E-state index in [1.807, 2.05) is 13.8 Å². The van der Waals surface area contributed by atoms with E-state index in [4.69, 9.17) is 5.73 Å². The highest BCUT2D eigenvalue weighted by molar-refractivity contribution is 7.89. The number of nitrogens with zero attached hydrogens (tertiary/aromatic N) is 1. The number of nitrogens with one attached hydrogen (secondary N) is 3. The Morgan fingerprint density at radius 3 is 2.48 bits per heavy atom. The number of halogens is 1. The summed E-state index contributed by atoms with van der Waals surface area (Å²) >= 11 is 0. The van der Waals surface area contributed by atoms with Gasteiger partial charge in [-0.1, -0.05) is 12.1 Å². The minimum absolute atomic E-state index is 0. The van der Waals surface area contributed by atoms with Crippen LogP contribution in [-0.4, -0.2) is 49.1 Å². The van der Waals surface area contributed by atoms with E-state index in [9.17, 15) is 13.2 Å². The van der Waals surface area contributed by atoms with Crippen LogP contribution in [0.3, 0.4) is 0 Å². The molecule has 2 fully saturated rings. The van der Waals surface area contributed by atoms with Gasteiger partial charge in [0.25, 0.3) is 0 Å². The summed E-state index contributed by atoms with van der Waals surface area (Å²) in [6, 6.07) is 6.68. The third-order valence-corrected chi connectivity index (χ3v) is 7.76. The second kappa shape index (κ2) is 8.74. The number of hydrogen-bond acceptors (Lipinski definition) is 6. The zero-order chi connectivity index (χ0) is 18.9. The maximum absolute atomic E-state index is 13.1. The van der Waals surface area contributed by atoms with Crippen molar-refractivity contribution in [1.29, 1.82) is 0 Å². The monoisotopic (exact) mass is 417 g/mol. The lowest BCUT2D eigenvalue weighted by Crippen LogP contribution is -2.51. The molecular weight excluding hydrogens is 390 g/mol. The number of hydrogen-bond donors (Lipinski definition) is 4. The molecule has 2 saturated heterocycles. The summed E-state index contributed by atoms with van der Waals surface area (Å²) in [5, 5.41) is 2.28. The van der Waals surface area contributed by atoms with E-state index in [0.29, 0.717) is 30.8 Å². The van der Waals surface area contributed by atoms with Crippen molar-refractivity contribution in [3.05, 3.63) is 24.3 Å². The summed E-state index contributed by atoms with van der Waals surface area (Å²) in [6.07, 6.45) is 1.33. The van der Waals surface area contributed by atoms with Crippen LogP contribution < -0.4 is 21.9 Å². The van der Waals surface area contributed by atoms with E-state index in [-0.39, 0.29) is 42.9 Å². The molecule has 8 nitrogen and oxygen atoms in total. The summed E-state index contributed by atoms with van der Waals surface area (Å²) in [5.41, 5.74) is 12.9. The first-order valence-electron chi connectivity index (χ1n) is 8.96. The van der Waals surface area contributed by atoms with Crippen molar-refractivity contribution in [2.45, 2.75) is 44.0 Å². The highest BCUT2D eigenvalue weighted by Gasteiger charge is 2.45. The van der Waals surface area contributed by atoms with E-state index >= 15 is 0 Å². The smallest absolute Gasteiger partial charge is 0.228 e. The number of sulfonamides is 1. The topological polar surface area (TPSA) is 117 Å². The van der Waals surface area contributed by atoms with Gasteiger partial charge in [-0.3, -0.25) is 15.6 Å². The van der Waals surface area contributed by atoms with Crippen LogP contribution in [0.1, 0.15) is 26.7 Å². The van der Waals surface area contributed by atoms with Gasteiger partial charge in [0, 0.05) is 25.2 Å². The lowest BCUT2D eigenvalue weighted by atomic mass is 9.98. The van der Waals surface area contributed by atoms with Gasteiger partial charge in [-0.05, 0) is 38.8 Å². The van der Waals surface area contributed by atoms with E-state index in [2.05, 4.69) is 16.2 Å². The molecule has 1 aromatic rings. The molecular formula is C17H28ClN5O3S. The Morgan fingerprint density at radius 1 is 1.22 bits per heavy atom. The normalized spacial score (nSPS) is 29.1. The lowest BCUT2D eigenvalue weighted by Gasteiger charge is -2.34. The Morgan fingerprint density at radius 2 is 1.85 bits per heavy atom. The number of piperidine rings is 1. The number of nitrogens with two attached hydrogens (primary N) is 1. The molecule has 5 N–H and O–H groups in total. The Balaban J connectivity index is 0.00000261. The van der Waals surface area contributed by atoms with Crippen molar-refractivity contribution in [3.8, 4) is 0 Å². The van der Waals surface area contributed by atoms with Crippen LogP contribution in [0.5, 0.6) is 0 Å². The number of anilines is 2. The molecule has 0 saturated carbocycles. The fourth-order valence-electron chi connectivity index (χ4n) is 3.78. The van der Waals surface area contributed by atoms with Crippen molar-refractivity contribution in [2.24, 2.45) is 5.92 Å². The molecule has 27 heavy (non-hydrogen) atoms. The minimum Gasteiger partial charge on any atom is -0.397 e. The Kier molecular flexibility index (Phi) is 7.09. The number of carbonyl (C=O) groups excluding carboxylic acids is 1. The Hall–Kier alpha value is -1.39. The van der Waals surface area contributed by atoms with Crippen LogP contribution in [0.4, 0.5) is 11.4 Å². The molecule has 1 aromatic carbocycles. The van der Waals surface area contributed by atoms with Crippen molar-refractivity contribution >= 4 is 39.7 Å². The standard InChI is InChI=1S/C17H27N5O3S.ClH/c1-11-16(12(2)21-20-11)26(24,25)22-9-5-6-13(10-22)17(23)19-15-8-4-3-7-14(15)18;/h3-4,7-8,11-13,16,20-21H,5-6,9-10,18H2,1-2H3,(H,19,23);1H. The average molecular weight is 418 g/mol. The molecule has 0 aromatic heterocycles. The van der Waals surface area contributed by atoms with Crippen molar-refractivity contribution in [1.82, 2.24) is 15.2 Å². The van der Waals surface area contributed by atoms with Gasteiger partial charge in [0.15, 0.2) is 0 Å². The average Bonchev–Trinajstić information content (AvgIpc) is 2.96. The lowest BCUT2D eigenvalue weighted by molar-refractivity contribution is -0.120. The summed E-state index contributed by atoms with van der Waals surface area (Å²) in [6.45, 7) is 4.36. The molecule has 0 spiro atoms. The number of rotatable bonds is 4. The van der Waals surface area contributed by atoms with Crippen molar-refractivity contribution in [3.63, 3.8) is 0 Å². The maximum atomic E-state index is 13.1. The third kappa shape index (κ3) is 4.55. The van der Waals surface area contributed by atoms with Crippen LogP contribution >= 0.6 is 12.4 Å². The van der Waals surface area contributed by atoms with E-state index in [0.717, 1.165) is 0 Å². The first kappa shape index (κ1) is 21.9. The van der Waals surface area contributed by atoms with Gasteiger partial charge >= 0.3 is 0 Å². The number of para-hydroxylation sites is 2. The van der Waals surface area contributed by atoms with E-state index < -0.39 is 15.3 Å². The highest BCUT2D eigenvalue weighted by atomic mass is 35.5. The van der Waals surface area contributed by atoms with Gasteiger partial charge in [-0.15, -0.1) is 12.4 Å². The van der Waals surface area contributed by atoms with Crippen LogP contribution in [0.25, 0.3) is 0 Å². The fourth-order valence-corrected chi connectivity index (χ4v) is 6.06. The molecule has 0 bridgehead atoms. The van der Waals surface area contributed by atoms with Gasteiger partial charge in [-0.2, -0.15) is 0 Å². The van der Waals surface area contributed by atoms with Crippen LogP contribution in [-0.2, 0) is 14.8 Å². The molecule has 1 amide bonds. The summed E-state index contributed by atoms with van der Waals surface area (Å²) in [7, 11) is -3.50. The highest BCUT2D eigenvalue weighted by Crippen LogP contribution is 2.27. The second-order valence-corrected chi connectivity index (χ2v) is 9.24. The number of carbonyl (C=O) groups is 1. The summed E-state index contributed by atoms with van der Waals surface area (Å²) < 4.78 is 27.6. The maximum Gasteiger partial charge on any atom is 0.228 e. The Labute approximate surface area is 166 Å². The summed E-state index contributed by atoms with van der Waals surface area (Å²) in [4.78, 5) is 12.6. The molecule has 10 heteroatoms. The fraction of sp³-hybridized carbons (Fsp3) is 0.588. The van der Waals surface area contributed by atoms with Gasteiger partial charge in [0.05, 0.1) is 17.3 Å². The first-order valence-corrected chi connectivity index (χ1v) is 10.5. The van der Waals surface area contributed by atoms with Gasteiger partial charge in [0.2, 0.25) is 15.9 Å². The van der Waals surface area contributed by atoms with Crippen molar-refractivity contribution in [2.75, 3.05) is 24.1 Å². The second-order valence-electron chi connectivity index (χ2n) is 7.15. The van der Waals surface area contributed by atoms with Crippen LogP contribution in [0.15, 0.2) is 24.3 Å². The molecule has 0 aliphatic carbocycles. The summed E-state index contributed by atoms with van der Waals surface area (Å²) in [5.74, 6) is -0.572. The molecule has 3 rings (SSSR count). The number of amides is 1. The zero-order valence-electron chi connectivity index (χ0n) is 15.5. The van der Waals surface area contributed by atoms with Gasteiger partial charge < -0.3 is 11.1 Å². The SMILES string of the molecule is CC1NNC(C)C1S(=O)(=O)N1CCCC(C(=O)Nc2ccccc2N)C1.Cl. The molecule has 2 aliphatic heterocycles. The molecule has 152 valence electrons. The number of benzene rings is 1. The van der Waals surface area contributed by atoms with Crippen LogP contribution in [0.2, 0.25) is 0 Å².